The molecule has 5 rings (SSSR count). The summed E-state index contributed by atoms with van der Waals surface area (Å²) in [6, 6.07) is 14.0. The van der Waals surface area contributed by atoms with Gasteiger partial charge in [-0.25, -0.2) is 4.98 Å². The van der Waals surface area contributed by atoms with Gasteiger partial charge in [-0.1, -0.05) is 6.07 Å². The topological polar surface area (TPSA) is 66.4 Å². The molecule has 0 unspecified atom stereocenters. The fourth-order valence-electron chi connectivity index (χ4n) is 4.61. The lowest BCUT2D eigenvalue weighted by atomic mass is 9.97. The second kappa shape index (κ2) is 7.55. The highest BCUT2D eigenvalue weighted by Gasteiger charge is 2.52. The summed E-state index contributed by atoms with van der Waals surface area (Å²) >= 11 is 0. The second-order valence-corrected chi connectivity index (χ2v) is 9.09. The molecule has 3 heterocycles. The van der Waals surface area contributed by atoms with E-state index in [1.165, 1.54) is 17.4 Å². The van der Waals surface area contributed by atoms with Crippen molar-refractivity contribution in [3.8, 4) is 11.3 Å². The fourth-order valence-corrected chi connectivity index (χ4v) is 4.61. The Morgan fingerprint density at radius 2 is 1.91 bits per heavy atom. The average molecular weight is 427 g/mol. The molecule has 1 aliphatic carbocycles. The van der Waals surface area contributed by atoms with Crippen LogP contribution < -0.4 is 4.90 Å². The van der Waals surface area contributed by atoms with Crippen LogP contribution in [-0.4, -0.2) is 46.7 Å². The van der Waals surface area contributed by atoms with E-state index in [4.69, 9.17) is 4.98 Å². The van der Waals surface area contributed by atoms with E-state index < -0.39 is 0 Å². The Morgan fingerprint density at radius 3 is 2.56 bits per heavy atom. The Kier molecular flexibility index (Phi) is 4.81. The van der Waals surface area contributed by atoms with Gasteiger partial charge in [-0.2, -0.15) is 0 Å². The van der Waals surface area contributed by atoms with E-state index in [1.54, 1.807) is 7.05 Å². The minimum Gasteiger partial charge on any atom is -0.334 e. The molecule has 0 saturated heterocycles. The van der Waals surface area contributed by atoms with E-state index >= 15 is 0 Å². The molecule has 0 radical (unpaired) electrons. The molecule has 6 nitrogen and oxygen atoms in total. The molecular weight excluding hydrogens is 400 g/mol. The smallest absolute Gasteiger partial charge is 0.254 e. The highest BCUT2D eigenvalue weighted by atomic mass is 16.2. The van der Waals surface area contributed by atoms with E-state index in [1.807, 2.05) is 36.7 Å². The molecule has 32 heavy (non-hydrogen) atoms. The molecule has 3 aromatic rings. The molecule has 0 atom stereocenters. The van der Waals surface area contributed by atoms with Gasteiger partial charge in [0.2, 0.25) is 0 Å². The molecule has 1 saturated carbocycles. The molecule has 1 fully saturated rings. The third-order valence-corrected chi connectivity index (χ3v) is 6.46. The van der Waals surface area contributed by atoms with Crippen LogP contribution in [-0.2, 0) is 10.2 Å². The number of hydrogen-bond donors (Lipinski definition) is 0. The number of hydrogen-bond acceptors (Lipinski definition) is 5. The molecule has 6 heteroatoms. The van der Waals surface area contributed by atoms with Crippen molar-refractivity contribution >= 4 is 23.2 Å². The molecule has 0 bridgehead atoms. The number of amides is 1. The van der Waals surface area contributed by atoms with E-state index in [0.29, 0.717) is 5.56 Å². The van der Waals surface area contributed by atoms with E-state index in [0.717, 1.165) is 47.7 Å². The van der Waals surface area contributed by atoms with Crippen molar-refractivity contribution in [2.45, 2.75) is 32.1 Å². The highest BCUT2D eigenvalue weighted by Crippen LogP contribution is 2.58. The van der Waals surface area contributed by atoms with Crippen LogP contribution in [0.5, 0.6) is 0 Å². The first-order valence-electron chi connectivity index (χ1n) is 10.9. The molecule has 0 N–H and O–H groups in total. The third-order valence-electron chi connectivity index (χ3n) is 6.46. The van der Waals surface area contributed by atoms with Crippen LogP contribution in [0.4, 0.5) is 11.5 Å². The number of aryl methyl sites for hydroxylation is 1. The number of carbonyl (C=O) groups excluding carboxylic acids is 2. The zero-order chi connectivity index (χ0) is 22.5. The van der Waals surface area contributed by atoms with Crippen molar-refractivity contribution in [3.05, 3.63) is 71.5 Å². The molecule has 2 aliphatic rings. The van der Waals surface area contributed by atoms with Crippen molar-refractivity contribution in [1.29, 1.82) is 0 Å². The van der Waals surface area contributed by atoms with E-state index in [9.17, 15) is 9.59 Å². The van der Waals surface area contributed by atoms with Gasteiger partial charge in [0.05, 0.1) is 12.2 Å². The van der Waals surface area contributed by atoms with Crippen LogP contribution in [0.3, 0.4) is 0 Å². The lowest BCUT2D eigenvalue weighted by Gasteiger charge is -2.20. The highest BCUT2D eigenvalue weighted by molar-refractivity contribution is 5.98. The van der Waals surface area contributed by atoms with Crippen molar-refractivity contribution in [1.82, 2.24) is 14.9 Å². The summed E-state index contributed by atoms with van der Waals surface area (Å²) in [5.74, 6) is 0.689. The number of pyridine rings is 2. The maximum atomic E-state index is 12.9. The zero-order valence-electron chi connectivity index (χ0n) is 18.6. The summed E-state index contributed by atoms with van der Waals surface area (Å²) in [4.78, 5) is 37.2. The minimum atomic E-state index is -0.145. The van der Waals surface area contributed by atoms with Gasteiger partial charge in [-0.3, -0.25) is 14.6 Å². The van der Waals surface area contributed by atoms with Gasteiger partial charge in [-0.05, 0) is 74.2 Å². The van der Waals surface area contributed by atoms with Gasteiger partial charge in [0.25, 0.3) is 5.91 Å². The number of carbonyl (C=O) groups is 2. The van der Waals surface area contributed by atoms with Crippen LogP contribution in [0, 0.1) is 6.92 Å². The number of fused-ring (bicyclic) bond motifs is 2. The van der Waals surface area contributed by atoms with Crippen molar-refractivity contribution in [2.24, 2.45) is 0 Å². The van der Waals surface area contributed by atoms with E-state index in [-0.39, 0.29) is 23.7 Å². The molecule has 2 aromatic heterocycles. The second-order valence-electron chi connectivity index (χ2n) is 9.09. The number of rotatable bonds is 5. The maximum Gasteiger partial charge on any atom is 0.254 e. The number of aromatic nitrogens is 2. The average Bonchev–Trinajstić information content (AvgIpc) is 3.49. The molecule has 1 aromatic carbocycles. The molecule has 162 valence electrons. The van der Waals surface area contributed by atoms with E-state index in [2.05, 4.69) is 35.0 Å². The van der Waals surface area contributed by atoms with Gasteiger partial charge in [0, 0.05) is 48.2 Å². The first kappa shape index (κ1) is 20.4. The van der Waals surface area contributed by atoms with Crippen LogP contribution in [0.1, 0.15) is 41.3 Å². The number of ketones is 1. The van der Waals surface area contributed by atoms with Gasteiger partial charge in [0.15, 0.2) is 0 Å². The zero-order valence-corrected chi connectivity index (χ0v) is 18.6. The maximum absolute atomic E-state index is 12.9. The SMILES string of the molecule is CC(=O)CN(C)C(=O)c1ccc2c(c1)N(c1ccc(-c3cc(C)ccn3)cn1)CC21CC1. The molecule has 1 aliphatic heterocycles. The normalized spacial score (nSPS) is 15.5. The molecule has 1 spiro atoms. The Hall–Kier alpha value is -3.54. The number of likely N-dealkylation sites (N-methyl/N-ethyl adjacent to an activating group) is 1. The standard InChI is InChI=1S/C26H26N4O2/c1-17-8-11-27-22(12-17)20-5-7-24(28-14-20)30-16-26(9-10-26)21-6-4-19(13-23(21)30)25(32)29(3)15-18(2)31/h4-8,11-14H,9-10,15-16H2,1-3H3. The van der Waals surface area contributed by atoms with Crippen molar-refractivity contribution in [2.75, 3.05) is 25.0 Å². The third kappa shape index (κ3) is 3.55. The minimum absolute atomic E-state index is 0.0343. The van der Waals surface area contributed by atoms with Crippen LogP contribution in [0.2, 0.25) is 0 Å². The fraction of sp³-hybridized carbons (Fsp3) is 0.308. The van der Waals surface area contributed by atoms with Crippen molar-refractivity contribution < 1.29 is 9.59 Å². The van der Waals surface area contributed by atoms with Crippen LogP contribution in [0.15, 0.2) is 54.9 Å². The quantitative estimate of drug-likeness (QED) is 0.609. The van der Waals surface area contributed by atoms with Crippen molar-refractivity contribution in [3.63, 3.8) is 0 Å². The van der Waals surface area contributed by atoms with Gasteiger partial charge in [-0.15, -0.1) is 0 Å². The summed E-state index contributed by atoms with van der Waals surface area (Å²) in [5, 5.41) is 0. The summed E-state index contributed by atoms with van der Waals surface area (Å²) in [6.45, 7) is 4.53. The monoisotopic (exact) mass is 426 g/mol. The molecule has 1 amide bonds. The Balaban J connectivity index is 1.47. The molecular formula is C26H26N4O2. The number of nitrogens with zero attached hydrogens (tertiary/aromatic N) is 4. The van der Waals surface area contributed by atoms with Crippen LogP contribution >= 0.6 is 0 Å². The largest absolute Gasteiger partial charge is 0.334 e. The van der Waals surface area contributed by atoms with Crippen LogP contribution in [0.25, 0.3) is 11.3 Å². The predicted octanol–water partition coefficient (Wildman–Crippen LogP) is 4.30. The lowest BCUT2D eigenvalue weighted by molar-refractivity contribution is -0.117. The lowest BCUT2D eigenvalue weighted by Crippen LogP contribution is -2.31. The Morgan fingerprint density at radius 1 is 1.09 bits per heavy atom. The van der Waals surface area contributed by atoms with Gasteiger partial charge in [0.1, 0.15) is 11.6 Å². The first-order chi connectivity index (χ1) is 15.4. The number of anilines is 2. The number of Topliss-reactive ketones (excluding diaryl/α,β-unsaturated/α-hetero) is 1. The summed E-state index contributed by atoms with van der Waals surface area (Å²) in [5.41, 5.74) is 6.14. The summed E-state index contributed by atoms with van der Waals surface area (Å²) < 4.78 is 0. The summed E-state index contributed by atoms with van der Waals surface area (Å²) in [7, 11) is 1.66. The predicted molar refractivity (Wildman–Crippen MR) is 124 cm³/mol. The number of benzene rings is 1. The van der Waals surface area contributed by atoms with Gasteiger partial charge >= 0.3 is 0 Å². The summed E-state index contributed by atoms with van der Waals surface area (Å²) in [6.07, 6.45) is 5.98. The van der Waals surface area contributed by atoms with Gasteiger partial charge < -0.3 is 9.80 Å². The first-order valence-corrected chi connectivity index (χ1v) is 10.9. The Labute approximate surface area is 187 Å². The Bertz CT molecular complexity index is 1210.